The lowest BCUT2D eigenvalue weighted by molar-refractivity contribution is 0.526. The van der Waals surface area contributed by atoms with Crippen LogP contribution in [0, 0.1) is 6.92 Å². The maximum atomic E-state index is 4.99. The van der Waals surface area contributed by atoms with Gasteiger partial charge < -0.3 is 4.57 Å². The molecule has 4 rings (SSSR count). The van der Waals surface area contributed by atoms with E-state index in [9.17, 15) is 0 Å². The lowest BCUT2D eigenvalue weighted by Crippen LogP contribution is -2.11. The molecule has 2 nitrogen and oxygen atoms in total. The number of halogens is 1. The van der Waals surface area contributed by atoms with Crippen molar-refractivity contribution in [2.24, 2.45) is 0 Å². The minimum absolute atomic E-state index is 0. The summed E-state index contributed by atoms with van der Waals surface area (Å²) in [5.41, 5.74) is 6.17. The number of hydrogen-bond donors (Lipinski definition) is 0. The Hall–Kier alpha value is -1.87. The average molecular weight is 369 g/mol. The second kappa shape index (κ2) is 6.71. The van der Waals surface area contributed by atoms with E-state index in [0.717, 1.165) is 18.7 Å². The van der Waals surface area contributed by atoms with Gasteiger partial charge in [0.15, 0.2) is 0 Å². The zero-order valence-corrected chi connectivity index (χ0v) is 15.0. The van der Waals surface area contributed by atoms with Gasteiger partial charge >= 0.3 is 0 Å². The van der Waals surface area contributed by atoms with Crippen LogP contribution in [-0.4, -0.2) is 9.55 Å². The molecule has 0 aliphatic carbocycles. The third kappa shape index (κ3) is 2.98. The van der Waals surface area contributed by atoms with Gasteiger partial charge in [0.25, 0.3) is 0 Å². The third-order valence-corrected chi connectivity index (χ3v) is 4.45. The van der Waals surface area contributed by atoms with Gasteiger partial charge in [-0.15, -0.1) is 17.0 Å². The normalized spacial score (nSPS) is 13.3. The van der Waals surface area contributed by atoms with Crippen molar-refractivity contribution < 1.29 is 0 Å². The fourth-order valence-corrected chi connectivity index (χ4v) is 3.29. The van der Waals surface area contributed by atoms with Crippen molar-refractivity contribution in [2.75, 3.05) is 0 Å². The molecular weight excluding hydrogens is 348 g/mol. The third-order valence-electron chi connectivity index (χ3n) is 4.45. The summed E-state index contributed by atoms with van der Waals surface area (Å²) < 4.78 is 2.42. The number of nitrogens with zero attached hydrogens (tertiary/aromatic N) is 2. The zero-order valence-electron chi connectivity index (χ0n) is 13.3. The molecule has 1 aromatic heterocycles. The number of imidazole rings is 1. The lowest BCUT2D eigenvalue weighted by Gasteiger charge is -2.16. The highest BCUT2D eigenvalue weighted by Gasteiger charge is 2.21. The fraction of sp³-hybridized carbons (Fsp3) is 0.250. The van der Waals surface area contributed by atoms with Gasteiger partial charge in [0.2, 0.25) is 0 Å². The van der Waals surface area contributed by atoms with E-state index in [1.165, 1.54) is 41.1 Å². The first kappa shape index (κ1) is 16.0. The predicted molar refractivity (Wildman–Crippen MR) is 101 cm³/mol. The second-order valence-corrected chi connectivity index (χ2v) is 6.07. The Kier molecular flexibility index (Phi) is 4.67. The highest BCUT2D eigenvalue weighted by atomic mass is 79.9. The van der Waals surface area contributed by atoms with Crippen LogP contribution in [0.3, 0.4) is 0 Å². The van der Waals surface area contributed by atoms with Crippen LogP contribution in [0.2, 0.25) is 0 Å². The van der Waals surface area contributed by atoms with Crippen LogP contribution in [0.1, 0.15) is 24.2 Å². The SMILES string of the molecule is Br.Cc1ccc(-c2nc3n(c2-c2ccccc2)CCCC3)cc1. The molecule has 3 heteroatoms. The van der Waals surface area contributed by atoms with E-state index >= 15 is 0 Å². The summed E-state index contributed by atoms with van der Waals surface area (Å²) in [6.07, 6.45) is 3.58. The second-order valence-electron chi connectivity index (χ2n) is 6.07. The number of aryl methyl sites for hydroxylation is 2. The number of benzene rings is 2. The van der Waals surface area contributed by atoms with Crippen molar-refractivity contribution in [3.63, 3.8) is 0 Å². The van der Waals surface area contributed by atoms with E-state index in [1.807, 2.05) is 0 Å². The van der Waals surface area contributed by atoms with Gasteiger partial charge in [0, 0.05) is 24.1 Å². The van der Waals surface area contributed by atoms with Crippen molar-refractivity contribution in [3.05, 3.63) is 66.0 Å². The Morgan fingerprint density at radius 2 is 1.61 bits per heavy atom. The molecule has 0 saturated heterocycles. The maximum absolute atomic E-state index is 4.99. The summed E-state index contributed by atoms with van der Waals surface area (Å²) in [7, 11) is 0. The van der Waals surface area contributed by atoms with Crippen LogP contribution in [-0.2, 0) is 13.0 Å². The Labute approximate surface area is 148 Å². The van der Waals surface area contributed by atoms with Crippen molar-refractivity contribution >= 4 is 17.0 Å². The van der Waals surface area contributed by atoms with Crippen LogP contribution in [0.5, 0.6) is 0 Å². The molecule has 1 aliphatic heterocycles. The van der Waals surface area contributed by atoms with Gasteiger partial charge in [0.05, 0.1) is 11.4 Å². The predicted octanol–water partition coefficient (Wildman–Crippen LogP) is 5.44. The highest BCUT2D eigenvalue weighted by Crippen LogP contribution is 2.35. The van der Waals surface area contributed by atoms with Gasteiger partial charge in [-0.05, 0) is 19.8 Å². The van der Waals surface area contributed by atoms with E-state index in [4.69, 9.17) is 4.98 Å². The lowest BCUT2D eigenvalue weighted by atomic mass is 10.0. The van der Waals surface area contributed by atoms with Crippen LogP contribution >= 0.6 is 17.0 Å². The molecule has 118 valence electrons. The largest absolute Gasteiger partial charge is 0.327 e. The van der Waals surface area contributed by atoms with Gasteiger partial charge in [-0.1, -0.05) is 60.2 Å². The molecule has 3 aromatic rings. The summed E-state index contributed by atoms with van der Waals surface area (Å²) in [6.45, 7) is 3.21. The van der Waals surface area contributed by atoms with Gasteiger partial charge in [-0.3, -0.25) is 0 Å². The quantitative estimate of drug-likeness (QED) is 0.588. The zero-order chi connectivity index (χ0) is 14.9. The minimum atomic E-state index is 0. The van der Waals surface area contributed by atoms with Crippen molar-refractivity contribution in [1.29, 1.82) is 0 Å². The summed E-state index contributed by atoms with van der Waals surface area (Å²) in [6, 6.07) is 19.4. The average Bonchev–Trinajstić information content (AvgIpc) is 2.96. The van der Waals surface area contributed by atoms with Crippen LogP contribution in [0.4, 0.5) is 0 Å². The Balaban J connectivity index is 0.00000156. The Morgan fingerprint density at radius 1 is 0.870 bits per heavy atom. The summed E-state index contributed by atoms with van der Waals surface area (Å²) in [5, 5.41) is 0. The Bertz CT molecular complexity index is 789. The molecule has 0 saturated carbocycles. The van der Waals surface area contributed by atoms with Gasteiger partial charge in [0.1, 0.15) is 5.82 Å². The van der Waals surface area contributed by atoms with E-state index in [2.05, 4.69) is 66.1 Å². The summed E-state index contributed by atoms with van der Waals surface area (Å²) in [5.74, 6) is 1.24. The first-order chi connectivity index (χ1) is 10.8. The molecule has 0 amide bonds. The molecule has 2 heterocycles. The molecular formula is C20H21BrN2. The maximum Gasteiger partial charge on any atom is 0.109 e. The topological polar surface area (TPSA) is 17.8 Å². The molecule has 1 aliphatic rings. The van der Waals surface area contributed by atoms with Crippen LogP contribution in [0.15, 0.2) is 54.6 Å². The minimum Gasteiger partial charge on any atom is -0.327 e. The highest BCUT2D eigenvalue weighted by molar-refractivity contribution is 8.93. The molecule has 0 N–H and O–H groups in total. The van der Waals surface area contributed by atoms with E-state index in [-0.39, 0.29) is 17.0 Å². The summed E-state index contributed by atoms with van der Waals surface area (Å²) in [4.78, 5) is 4.99. The van der Waals surface area contributed by atoms with Gasteiger partial charge in [-0.2, -0.15) is 0 Å². The van der Waals surface area contributed by atoms with Crippen molar-refractivity contribution in [1.82, 2.24) is 9.55 Å². The number of aromatic nitrogens is 2. The smallest absolute Gasteiger partial charge is 0.109 e. The van der Waals surface area contributed by atoms with Crippen LogP contribution < -0.4 is 0 Å². The molecule has 23 heavy (non-hydrogen) atoms. The molecule has 0 spiro atoms. The van der Waals surface area contributed by atoms with E-state index < -0.39 is 0 Å². The van der Waals surface area contributed by atoms with Crippen molar-refractivity contribution in [3.8, 4) is 22.5 Å². The fourth-order valence-electron chi connectivity index (χ4n) is 3.29. The Morgan fingerprint density at radius 3 is 2.35 bits per heavy atom. The first-order valence-electron chi connectivity index (χ1n) is 8.05. The molecule has 2 aromatic carbocycles. The molecule has 0 bridgehead atoms. The molecule has 0 unspecified atom stereocenters. The van der Waals surface area contributed by atoms with E-state index in [0.29, 0.717) is 0 Å². The molecule has 0 radical (unpaired) electrons. The van der Waals surface area contributed by atoms with Crippen LogP contribution in [0.25, 0.3) is 22.5 Å². The number of rotatable bonds is 2. The molecule has 0 fully saturated rings. The summed E-state index contributed by atoms with van der Waals surface area (Å²) >= 11 is 0. The van der Waals surface area contributed by atoms with E-state index in [1.54, 1.807) is 0 Å². The number of hydrogen-bond acceptors (Lipinski definition) is 1. The molecule has 0 atom stereocenters. The van der Waals surface area contributed by atoms with Crippen molar-refractivity contribution in [2.45, 2.75) is 32.7 Å². The monoisotopic (exact) mass is 368 g/mol. The number of fused-ring (bicyclic) bond motifs is 1. The first-order valence-corrected chi connectivity index (χ1v) is 8.05. The van der Waals surface area contributed by atoms with Gasteiger partial charge in [-0.25, -0.2) is 4.98 Å². The standard InChI is InChI=1S/C20H20N2.BrH/c1-15-10-12-16(13-11-15)19-20(17-7-3-2-4-8-17)22-14-6-5-9-18(22)21-19;/h2-4,7-8,10-13H,5-6,9,14H2,1H3;1H.